The fraction of sp³-hybridized carbons (Fsp3) is 1.00. The van der Waals surface area contributed by atoms with E-state index >= 15 is 0 Å². The van der Waals surface area contributed by atoms with E-state index in [1.807, 2.05) is 0 Å². The van der Waals surface area contributed by atoms with Gasteiger partial charge in [-0.15, -0.1) is 0 Å². The summed E-state index contributed by atoms with van der Waals surface area (Å²) in [7, 11) is 0. The van der Waals surface area contributed by atoms with Crippen molar-refractivity contribution in [3.05, 3.63) is 0 Å². The van der Waals surface area contributed by atoms with Crippen molar-refractivity contribution in [2.45, 2.75) is 97.9 Å². The van der Waals surface area contributed by atoms with Gasteiger partial charge in [0.15, 0.2) is 0 Å². The minimum absolute atomic E-state index is 0.669. The van der Waals surface area contributed by atoms with Gasteiger partial charge < -0.3 is 5.32 Å². The van der Waals surface area contributed by atoms with Crippen LogP contribution in [0.15, 0.2) is 0 Å². The number of piperidine rings is 1. The summed E-state index contributed by atoms with van der Waals surface area (Å²) in [5.41, 5.74) is 1.38. The molecule has 1 N–H and O–H groups in total. The molecule has 3 aliphatic rings. The molecule has 1 saturated carbocycles. The highest BCUT2D eigenvalue weighted by Gasteiger charge is 2.45. The second-order valence-corrected chi connectivity index (χ2v) is 8.97. The lowest BCUT2D eigenvalue weighted by atomic mass is 9.62. The largest absolute Gasteiger partial charge is 0.317 e. The van der Waals surface area contributed by atoms with Gasteiger partial charge in [-0.05, 0) is 81.8 Å². The van der Waals surface area contributed by atoms with E-state index in [1.54, 1.807) is 0 Å². The monoisotopic (exact) mass is 322 g/mol. The van der Waals surface area contributed by atoms with Crippen LogP contribution in [0, 0.1) is 10.8 Å². The predicted octanol–water partition coefficient (Wildman–Crippen LogP) is 5.23. The molecule has 0 atom stereocenters. The Labute approximate surface area is 145 Å². The topological polar surface area (TPSA) is 15.3 Å². The first-order valence-corrected chi connectivity index (χ1v) is 10.5. The van der Waals surface area contributed by atoms with Gasteiger partial charge in [-0.2, -0.15) is 0 Å². The SMILES string of the molecule is CCC.CCCC1(C)CCC2(CCN(C3CCNCC3)C2)CC1. The van der Waals surface area contributed by atoms with Gasteiger partial charge in [-0.3, -0.25) is 4.90 Å². The van der Waals surface area contributed by atoms with Crippen LogP contribution in [0.5, 0.6) is 0 Å². The lowest BCUT2D eigenvalue weighted by Gasteiger charge is -2.44. The van der Waals surface area contributed by atoms with E-state index in [2.05, 4.69) is 37.9 Å². The number of nitrogens with zero attached hydrogens (tertiary/aromatic N) is 1. The van der Waals surface area contributed by atoms with E-state index in [-0.39, 0.29) is 0 Å². The first-order chi connectivity index (χ1) is 11.1. The Hall–Kier alpha value is -0.0800. The van der Waals surface area contributed by atoms with Crippen LogP contribution in [0.4, 0.5) is 0 Å². The zero-order valence-corrected chi connectivity index (χ0v) is 16.4. The summed E-state index contributed by atoms with van der Waals surface area (Å²) in [4.78, 5) is 2.85. The highest BCUT2D eigenvalue weighted by atomic mass is 15.2. The van der Waals surface area contributed by atoms with Crippen molar-refractivity contribution >= 4 is 0 Å². The van der Waals surface area contributed by atoms with Crippen molar-refractivity contribution in [1.29, 1.82) is 0 Å². The van der Waals surface area contributed by atoms with Gasteiger partial charge in [0.25, 0.3) is 0 Å². The van der Waals surface area contributed by atoms with Gasteiger partial charge in [-0.1, -0.05) is 40.5 Å². The van der Waals surface area contributed by atoms with Crippen LogP contribution >= 0.6 is 0 Å². The van der Waals surface area contributed by atoms with Crippen molar-refractivity contribution < 1.29 is 0 Å². The number of hydrogen-bond donors (Lipinski definition) is 1. The third kappa shape index (κ3) is 5.19. The summed E-state index contributed by atoms with van der Waals surface area (Å²) in [6.45, 7) is 14.4. The molecular weight excluding hydrogens is 280 g/mol. The molecule has 136 valence electrons. The zero-order valence-electron chi connectivity index (χ0n) is 16.4. The van der Waals surface area contributed by atoms with Crippen LogP contribution in [-0.2, 0) is 0 Å². The smallest absolute Gasteiger partial charge is 0.0120 e. The van der Waals surface area contributed by atoms with Crippen LogP contribution in [0.25, 0.3) is 0 Å². The maximum absolute atomic E-state index is 3.51. The molecule has 2 nitrogen and oxygen atoms in total. The fourth-order valence-electron chi connectivity index (χ4n) is 5.10. The summed E-state index contributed by atoms with van der Waals surface area (Å²) < 4.78 is 0. The quantitative estimate of drug-likeness (QED) is 0.765. The number of nitrogens with one attached hydrogen (secondary N) is 1. The molecule has 1 spiro atoms. The molecule has 23 heavy (non-hydrogen) atoms. The van der Waals surface area contributed by atoms with Crippen molar-refractivity contribution in [3.8, 4) is 0 Å². The molecule has 2 heteroatoms. The van der Waals surface area contributed by atoms with Gasteiger partial charge in [0.1, 0.15) is 0 Å². The van der Waals surface area contributed by atoms with Crippen molar-refractivity contribution in [1.82, 2.24) is 10.2 Å². The molecule has 0 aromatic heterocycles. The van der Waals surface area contributed by atoms with Crippen LogP contribution in [-0.4, -0.2) is 37.1 Å². The average molecular weight is 323 g/mol. The van der Waals surface area contributed by atoms with Gasteiger partial charge in [-0.25, -0.2) is 0 Å². The first-order valence-electron chi connectivity index (χ1n) is 10.5. The molecule has 2 heterocycles. The zero-order chi connectivity index (χ0) is 16.8. The Balaban J connectivity index is 0.000000595. The molecule has 2 aliphatic heterocycles. The van der Waals surface area contributed by atoms with E-state index in [9.17, 15) is 0 Å². The summed E-state index contributed by atoms with van der Waals surface area (Å²) in [5.74, 6) is 0. The maximum atomic E-state index is 3.51. The fourth-order valence-corrected chi connectivity index (χ4v) is 5.10. The second kappa shape index (κ2) is 8.85. The Bertz CT molecular complexity index is 325. The molecule has 2 saturated heterocycles. The Morgan fingerprint density at radius 3 is 2.13 bits per heavy atom. The van der Waals surface area contributed by atoms with E-state index in [4.69, 9.17) is 0 Å². The van der Waals surface area contributed by atoms with Gasteiger partial charge >= 0.3 is 0 Å². The summed E-state index contributed by atoms with van der Waals surface area (Å²) in [5, 5.41) is 3.51. The predicted molar refractivity (Wildman–Crippen MR) is 102 cm³/mol. The van der Waals surface area contributed by atoms with E-state index in [0.29, 0.717) is 10.8 Å². The molecule has 0 amide bonds. The molecule has 0 unspecified atom stereocenters. The summed E-state index contributed by atoms with van der Waals surface area (Å²) in [6, 6.07) is 0.888. The minimum Gasteiger partial charge on any atom is -0.317 e. The maximum Gasteiger partial charge on any atom is 0.0120 e. The molecule has 0 aromatic carbocycles. The summed E-state index contributed by atoms with van der Waals surface area (Å²) in [6.07, 6.45) is 14.3. The third-order valence-electron chi connectivity index (χ3n) is 6.66. The van der Waals surface area contributed by atoms with Crippen LogP contribution < -0.4 is 5.32 Å². The molecular formula is C21H42N2. The normalized spacial score (nSPS) is 36.0. The van der Waals surface area contributed by atoms with E-state index in [1.165, 1.54) is 90.4 Å². The van der Waals surface area contributed by atoms with Gasteiger partial charge in [0.2, 0.25) is 0 Å². The molecule has 0 bridgehead atoms. The second-order valence-electron chi connectivity index (χ2n) is 8.97. The highest BCUT2D eigenvalue weighted by Crippen LogP contribution is 2.51. The lowest BCUT2D eigenvalue weighted by Crippen LogP contribution is -2.43. The Kier molecular flexibility index (Phi) is 7.41. The molecule has 1 aliphatic carbocycles. The molecule has 3 rings (SSSR count). The molecule has 0 aromatic rings. The van der Waals surface area contributed by atoms with Crippen molar-refractivity contribution in [3.63, 3.8) is 0 Å². The van der Waals surface area contributed by atoms with Gasteiger partial charge in [0, 0.05) is 12.6 Å². The first kappa shape index (κ1) is 19.2. The highest BCUT2D eigenvalue weighted by molar-refractivity contribution is 4.98. The van der Waals surface area contributed by atoms with Crippen LogP contribution in [0.2, 0.25) is 0 Å². The number of hydrogen-bond acceptors (Lipinski definition) is 2. The average Bonchev–Trinajstić information content (AvgIpc) is 2.97. The summed E-state index contributed by atoms with van der Waals surface area (Å²) >= 11 is 0. The Morgan fingerprint density at radius 1 is 0.957 bits per heavy atom. The van der Waals surface area contributed by atoms with E-state index < -0.39 is 0 Å². The lowest BCUT2D eigenvalue weighted by molar-refractivity contribution is 0.0776. The number of likely N-dealkylation sites (tertiary alicyclic amines) is 1. The van der Waals surface area contributed by atoms with Crippen LogP contribution in [0.3, 0.4) is 0 Å². The minimum atomic E-state index is 0.669. The van der Waals surface area contributed by atoms with Gasteiger partial charge in [0.05, 0.1) is 0 Å². The molecule has 3 fully saturated rings. The van der Waals surface area contributed by atoms with E-state index in [0.717, 1.165) is 6.04 Å². The Morgan fingerprint density at radius 2 is 1.57 bits per heavy atom. The van der Waals surface area contributed by atoms with Crippen LogP contribution in [0.1, 0.15) is 91.9 Å². The number of rotatable bonds is 3. The molecule has 0 radical (unpaired) electrons. The third-order valence-corrected chi connectivity index (χ3v) is 6.66. The standard InChI is InChI=1S/C18H34N2.C3H8/c1-3-6-17(2)7-9-18(10-8-17)11-14-20(15-18)16-4-12-19-13-5-16;1-3-2/h16,19H,3-15H2,1-2H3;3H2,1-2H3. The van der Waals surface area contributed by atoms with Crippen molar-refractivity contribution in [2.24, 2.45) is 10.8 Å². The van der Waals surface area contributed by atoms with Crippen molar-refractivity contribution in [2.75, 3.05) is 26.2 Å².